The van der Waals surface area contributed by atoms with Gasteiger partial charge in [-0.2, -0.15) is 0 Å². The average Bonchev–Trinajstić information content (AvgIpc) is 2.62. The molecule has 1 saturated carbocycles. The summed E-state index contributed by atoms with van der Waals surface area (Å²) < 4.78 is 5.52. The standard InChI is InChI=1S/C20H27N5O/c1-15-13-18(16-5-4-6-16)24-20(23-15)22-14-19(17-7-2-3-8-21-17)25-9-11-26-12-10-25/h2-3,7-8,13,16,19H,4-6,9-12,14H2,1H3,(H,22,23,24)/t19-/m1/s1. The largest absolute Gasteiger partial charge is 0.379 e. The summed E-state index contributed by atoms with van der Waals surface area (Å²) >= 11 is 0. The Labute approximate surface area is 155 Å². The lowest BCUT2D eigenvalue weighted by Gasteiger charge is -2.34. The van der Waals surface area contributed by atoms with Crippen molar-refractivity contribution >= 4 is 5.95 Å². The zero-order valence-electron chi connectivity index (χ0n) is 15.4. The molecule has 1 saturated heterocycles. The Morgan fingerprint density at radius 1 is 1.23 bits per heavy atom. The number of nitrogens with zero attached hydrogens (tertiary/aromatic N) is 4. The number of anilines is 1. The first-order valence-corrected chi connectivity index (χ1v) is 9.62. The van der Waals surface area contributed by atoms with Crippen LogP contribution < -0.4 is 5.32 Å². The fraction of sp³-hybridized carbons (Fsp3) is 0.550. The maximum absolute atomic E-state index is 5.52. The Morgan fingerprint density at radius 3 is 2.77 bits per heavy atom. The third-order valence-corrected chi connectivity index (χ3v) is 5.37. The Hall–Kier alpha value is -2.05. The van der Waals surface area contributed by atoms with Crippen molar-refractivity contribution in [3.05, 3.63) is 47.5 Å². The lowest BCUT2D eigenvalue weighted by atomic mass is 9.83. The highest BCUT2D eigenvalue weighted by atomic mass is 16.5. The first kappa shape index (κ1) is 17.4. The van der Waals surface area contributed by atoms with Gasteiger partial charge in [0.1, 0.15) is 0 Å². The molecule has 1 N–H and O–H groups in total. The molecule has 3 heterocycles. The molecule has 0 aromatic carbocycles. The molecule has 0 spiro atoms. The Morgan fingerprint density at radius 2 is 2.08 bits per heavy atom. The summed E-state index contributed by atoms with van der Waals surface area (Å²) in [6, 6.07) is 8.43. The number of nitrogens with one attached hydrogen (secondary N) is 1. The van der Waals surface area contributed by atoms with Crippen molar-refractivity contribution in [2.75, 3.05) is 38.2 Å². The molecule has 0 bridgehead atoms. The summed E-state index contributed by atoms with van der Waals surface area (Å²) in [5.74, 6) is 1.35. The smallest absolute Gasteiger partial charge is 0.223 e. The minimum absolute atomic E-state index is 0.191. The van der Waals surface area contributed by atoms with Gasteiger partial charge in [-0.3, -0.25) is 9.88 Å². The van der Waals surface area contributed by atoms with E-state index in [1.165, 1.54) is 25.0 Å². The van der Waals surface area contributed by atoms with Crippen molar-refractivity contribution in [2.45, 2.75) is 38.1 Å². The molecule has 2 aliphatic rings. The predicted molar refractivity (Wildman–Crippen MR) is 101 cm³/mol. The van der Waals surface area contributed by atoms with E-state index in [1.54, 1.807) is 0 Å². The van der Waals surface area contributed by atoms with Crippen molar-refractivity contribution in [2.24, 2.45) is 0 Å². The zero-order valence-corrected chi connectivity index (χ0v) is 15.4. The molecule has 6 nitrogen and oxygen atoms in total. The van der Waals surface area contributed by atoms with E-state index >= 15 is 0 Å². The molecule has 138 valence electrons. The highest BCUT2D eigenvalue weighted by Gasteiger charge is 2.25. The van der Waals surface area contributed by atoms with Gasteiger partial charge in [0.15, 0.2) is 0 Å². The SMILES string of the molecule is Cc1cc(C2CCC2)nc(NC[C@H](c2ccccn2)N2CCOCC2)n1. The highest BCUT2D eigenvalue weighted by Crippen LogP contribution is 2.35. The van der Waals surface area contributed by atoms with E-state index in [-0.39, 0.29) is 6.04 Å². The van der Waals surface area contributed by atoms with Crippen LogP contribution in [0.25, 0.3) is 0 Å². The average molecular weight is 353 g/mol. The number of hydrogen-bond donors (Lipinski definition) is 1. The van der Waals surface area contributed by atoms with Gasteiger partial charge in [0.2, 0.25) is 5.95 Å². The number of morpholine rings is 1. The van der Waals surface area contributed by atoms with E-state index < -0.39 is 0 Å². The van der Waals surface area contributed by atoms with Crippen molar-refractivity contribution < 1.29 is 4.74 Å². The Balaban J connectivity index is 1.50. The zero-order chi connectivity index (χ0) is 17.8. The summed E-state index contributed by atoms with van der Waals surface area (Å²) in [6.45, 7) is 6.18. The van der Waals surface area contributed by atoms with Crippen LogP contribution in [0.2, 0.25) is 0 Å². The number of rotatable bonds is 6. The molecule has 0 unspecified atom stereocenters. The maximum atomic E-state index is 5.52. The minimum Gasteiger partial charge on any atom is -0.379 e. The second-order valence-corrected chi connectivity index (χ2v) is 7.19. The normalized spacial score (nSPS) is 19.7. The molecular formula is C20H27N5O. The van der Waals surface area contributed by atoms with Gasteiger partial charge in [-0.05, 0) is 38.0 Å². The summed E-state index contributed by atoms with van der Waals surface area (Å²) in [4.78, 5) is 16.4. The molecule has 1 aliphatic carbocycles. The second-order valence-electron chi connectivity index (χ2n) is 7.19. The van der Waals surface area contributed by atoms with Crippen molar-refractivity contribution in [3.8, 4) is 0 Å². The van der Waals surface area contributed by atoms with E-state index in [4.69, 9.17) is 9.72 Å². The van der Waals surface area contributed by atoms with Gasteiger partial charge in [-0.15, -0.1) is 0 Å². The summed E-state index contributed by atoms with van der Waals surface area (Å²) in [5.41, 5.74) is 3.30. The van der Waals surface area contributed by atoms with Crippen LogP contribution in [-0.4, -0.2) is 52.7 Å². The summed E-state index contributed by atoms with van der Waals surface area (Å²) in [6.07, 6.45) is 5.68. The maximum Gasteiger partial charge on any atom is 0.223 e. The number of aryl methyl sites for hydroxylation is 1. The molecule has 1 aliphatic heterocycles. The van der Waals surface area contributed by atoms with E-state index in [0.29, 0.717) is 5.92 Å². The molecule has 2 aromatic heterocycles. The van der Waals surface area contributed by atoms with Crippen molar-refractivity contribution in [1.29, 1.82) is 0 Å². The monoisotopic (exact) mass is 353 g/mol. The van der Waals surface area contributed by atoms with Gasteiger partial charge in [0.05, 0.1) is 24.9 Å². The van der Waals surface area contributed by atoms with Crippen LogP contribution in [0.3, 0.4) is 0 Å². The third-order valence-electron chi connectivity index (χ3n) is 5.37. The van der Waals surface area contributed by atoms with Crippen LogP contribution >= 0.6 is 0 Å². The fourth-order valence-electron chi connectivity index (χ4n) is 3.66. The van der Waals surface area contributed by atoms with E-state index in [0.717, 1.165) is 50.2 Å². The quantitative estimate of drug-likeness (QED) is 0.861. The second kappa shape index (κ2) is 8.10. The summed E-state index contributed by atoms with van der Waals surface area (Å²) in [5, 5.41) is 3.48. The molecule has 0 radical (unpaired) electrons. The van der Waals surface area contributed by atoms with Crippen molar-refractivity contribution in [1.82, 2.24) is 19.9 Å². The Bertz CT molecular complexity index is 713. The van der Waals surface area contributed by atoms with E-state index in [2.05, 4.69) is 32.3 Å². The van der Waals surface area contributed by atoms with E-state index in [9.17, 15) is 0 Å². The third kappa shape index (κ3) is 4.02. The minimum atomic E-state index is 0.191. The van der Waals surface area contributed by atoms with Crippen LogP contribution in [0.1, 0.15) is 48.3 Å². The van der Waals surface area contributed by atoms with Crippen LogP contribution in [0.5, 0.6) is 0 Å². The number of hydrogen-bond acceptors (Lipinski definition) is 6. The van der Waals surface area contributed by atoms with Gasteiger partial charge in [-0.25, -0.2) is 9.97 Å². The van der Waals surface area contributed by atoms with Crippen LogP contribution in [0, 0.1) is 6.92 Å². The number of pyridine rings is 1. The summed E-state index contributed by atoms with van der Waals surface area (Å²) in [7, 11) is 0. The number of aromatic nitrogens is 3. The van der Waals surface area contributed by atoms with Crippen LogP contribution in [0.15, 0.2) is 30.5 Å². The van der Waals surface area contributed by atoms with Gasteiger partial charge in [0.25, 0.3) is 0 Å². The lowest BCUT2D eigenvalue weighted by Crippen LogP contribution is -2.42. The highest BCUT2D eigenvalue weighted by molar-refractivity contribution is 5.31. The topological polar surface area (TPSA) is 63.2 Å². The molecule has 0 amide bonds. The predicted octanol–water partition coefficient (Wildman–Crippen LogP) is 2.93. The van der Waals surface area contributed by atoms with Crippen LogP contribution in [0.4, 0.5) is 5.95 Å². The molecule has 2 fully saturated rings. The van der Waals surface area contributed by atoms with Gasteiger partial charge < -0.3 is 10.1 Å². The molecule has 26 heavy (non-hydrogen) atoms. The molecule has 6 heteroatoms. The molecule has 2 aromatic rings. The van der Waals surface area contributed by atoms with Gasteiger partial charge in [-0.1, -0.05) is 12.5 Å². The van der Waals surface area contributed by atoms with E-state index in [1.807, 2.05) is 25.3 Å². The van der Waals surface area contributed by atoms with Crippen LogP contribution in [-0.2, 0) is 4.74 Å². The number of ether oxygens (including phenoxy) is 1. The molecule has 1 atom stereocenters. The van der Waals surface area contributed by atoms with Crippen molar-refractivity contribution in [3.63, 3.8) is 0 Å². The molecule has 4 rings (SSSR count). The lowest BCUT2D eigenvalue weighted by molar-refractivity contribution is 0.0178. The Kier molecular flexibility index (Phi) is 5.41. The fourth-order valence-corrected chi connectivity index (χ4v) is 3.66. The van der Waals surface area contributed by atoms with Gasteiger partial charge in [0, 0.05) is 43.1 Å². The first-order chi connectivity index (χ1) is 12.8. The first-order valence-electron chi connectivity index (χ1n) is 9.62. The van der Waals surface area contributed by atoms with Gasteiger partial charge >= 0.3 is 0 Å². The molecular weight excluding hydrogens is 326 g/mol.